The van der Waals surface area contributed by atoms with Crippen molar-refractivity contribution in [1.29, 1.82) is 0 Å². The van der Waals surface area contributed by atoms with Gasteiger partial charge in [0.1, 0.15) is 36.3 Å². The van der Waals surface area contributed by atoms with Gasteiger partial charge in [-0.2, -0.15) is 4.31 Å². The molecule has 0 aromatic carbocycles. The van der Waals surface area contributed by atoms with Gasteiger partial charge in [0.15, 0.2) is 22.8 Å². The number of carbonyl (C=O) groups excluding carboxylic acids is 3. The summed E-state index contributed by atoms with van der Waals surface area (Å²) < 4.78 is 62.5. The number of nitrogens with one attached hydrogen (secondary N) is 2. The lowest BCUT2D eigenvalue weighted by atomic mass is 9.87. The third-order valence-electron chi connectivity index (χ3n) is 11.4. The Morgan fingerprint density at radius 3 is 2.06 bits per heavy atom. The zero-order chi connectivity index (χ0) is 52.5. The highest BCUT2D eigenvalue weighted by Crippen LogP contribution is 2.61. The first-order chi connectivity index (χ1) is 33.6. The van der Waals surface area contributed by atoms with Crippen LogP contribution in [0.1, 0.15) is 149 Å². The summed E-state index contributed by atoms with van der Waals surface area (Å²) in [5, 5.41) is 26.7. The Hall–Kier alpha value is -2.70. The molecule has 10 N–H and O–H groups in total. The predicted octanol–water partition coefficient (Wildman–Crippen LogP) is 6.26. The number of hydrogen-bond acceptors (Lipinski definition) is 18. The van der Waals surface area contributed by atoms with Crippen LogP contribution in [0.5, 0.6) is 0 Å². The molecule has 1 aliphatic heterocycles. The van der Waals surface area contributed by atoms with Crippen LogP contribution < -0.4 is 16.4 Å². The monoisotopic (exact) mass is 1090 g/mol. The quantitative estimate of drug-likeness (QED) is 0.0203. The number of anilines is 1. The minimum absolute atomic E-state index is 0.0337. The summed E-state index contributed by atoms with van der Waals surface area (Å²) in [6.45, 7) is 2.82. The molecule has 3 heterocycles. The van der Waals surface area contributed by atoms with Gasteiger partial charge in [0, 0.05) is 37.1 Å². The van der Waals surface area contributed by atoms with Gasteiger partial charge in [-0.3, -0.25) is 32.5 Å². The summed E-state index contributed by atoms with van der Waals surface area (Å²) in [7, 11) is -16.4. The minimum Gasteiger partial charge on any atom is -0.386 e. The van der Waals surface area contributed by atoms with E-state index in [-0.39, 0.29) is 41.6 Å². The number of fused-ring (bicyclic) bond motifs is 1. The molecule has 2 aromatic heterocycles. The third kappa shape index (κ3) is 24.5. The van der Waals surface area contributed by atoms with Gasteiger partial charge >= 0.3 is 23.5 Å². The third-order valence-corrected chi connectivity index (χ3v) is 15.4. The molecule has 0 radical (unpaired) electrons. The number of aliphatic hydroxyl groups excluding tert-OH is 2. The second-order valence-corrected chi connectivity index (χ2v) is 23.4. The van der Waals surface area contributed by atoms with Gasteiger partial charge in [0.2, 0.25) is 11.8 Å². The standard InChI is InChI=1S/C43H76N7O17P3S/c1-4-5-6-7-8-9-10-11-12-13-14-15-16-17-18-19-20-21-22-23-34(52)71-27-26-45-33(51)24-25-46-41(55)38(54)43(2,3)29-64-70(61,62)67-69(59,60)63-28-32-37(66-68(56,57)58)36(53)42(65-32)50-31-49-35-39(44)47-30-48-40(35)50/h11-12,30-32,36-38,42,53-54H,4-10,13-29H2,1-3H3,(H,45,51)(H,46,55)(H,59,60)(H,61,62)(H2,44,47,48)(H2,56,57,58). The highest BCUT2D eigenvalue weighted by Gasteiger charge is 2.50. The maximum atomic E-state index is 12.8. The Morgan fingerprint density at radius 2 is 1.44 bits per heavy atom. The Kier molecular flexibility index (Phi) is 28.1. The van der Waals surface area contributed by atoms with Crippen LogP contribution in [0, 0.1) is 5.41 Å². The van der Waals surface area contributed by atoms with Crippen molar-refractivity contribution in [2.24, 2.45) is 5.41 Å². The molecule has 2 aromatic rings. The molecule has 2 amide bonds. The van der Waals surface area contributed by atoms with Gasteiger partial charge < -0.3 is 50.9 Å². The van der Waals surface area contributed by atoms with Crippen molar-refractivity contribution in [1.82, 2.24) is 30.2 Å². The molecule has 0 saturated carbocycles. The summed E-state index contributed by atoms with van der Waals surface area (Å²) in [6.07, 6.45) is 19.1. The molecule has 406 valence electrons. The Bertz CT molecular complexity index is 2120. The van der Waals surface area contributed by atoms with Crippen molar-refractivity contribution in [2.45, 2.75) is 173 Å². The second-order valence-electron chi connectivity index (χ2n) is 18.0. The van der Waals surface area contributed by atoms with Gasteiger partial charge in [0.25, 0.3) is 0 Å². The maximum Gasteiger partial charge on any atom is 0.481 e. The highest BCUT2D eigenvalue weighted by molar-refractivity contribution is 8.13. The molecule has 3 rings (SSSR count). The van der Waals surface area contributed by atoms with Crippen molar-refractivity contribution < 1.29 is 80.5 Å². The van der Waals surface area contributed by atoms with E-state index < -0.39 is 84.6 Å². The van der Waals surface area contributed by atoms with Crippen LogP contribution >= 0.6 is 35.2 Å². The van der Waals surface area contributed by atoms with E-state index in [0.29, 0.717) is 12.2 Å². The number of nitrogens with two attached hydrogens (primary N) is 1. The molecule has 0 spiro atoms. The number of phosphoric ester groups is 3. The molecule has 7 unspecified atom stereocenters. The number of nitrogen functional groups attached to an aromatic ring is 1. The molecule has 24 nitrogen and oxygen atoms in total. The number of allylic oxidation sites excluding steroid dienone is 2. The number of rotatable bonds is 38. The Balaban J connectivity index is 1.25. The first-order valence-corrected chi connectivity index (χ1v) is 29.8. The number of nitrogens with zero attached hydrogens (tertiary/aromatic N) is 4. The summed E-state index contributed by atoms with van der Waals surface area (Å²) in [5.41, 5.74) is 4.29. The number of carbonyl (C=O) groups is 3. The van der Waals surface area contributed by atoms with E-state index in [4.69, 9.17) is 19.5 Å². The fourth-order valence-electron chi connectivity index (χ4n) is 7.41. The number of imidazole rings is 1. The number of thioether (sulfide) groups is 1. The molecule has 1 saturated heterocycles. The number of ether oxygens (including phenoxy) is 1. The van der Waals surface area contributed by atoms with E-state index in [1.54, 1.807) is 0 Å². The highest BCUT2D eigenvalue weighted by atomic mass is 32.2. The normalized spacial score (nSPS) is 19.7. The van der Waals surface area contributed by atoms with Crippen molar-refractivity contribution in [3.8, 4) is 0 Å². The average Bonchev–Trinajstić information content (AvgIpc) is 3.86. The van der Waals surface area contributed by atoms with Crippen LogP contribution in [-0.4, -0.2) is 123 Å². The van der Waals surface area contributed by atoms with Crippen LogP contribution in [0.25, 0.3) is 11.2 Å². The topological polar surface area (TPSA) is 364 Å². The summed E-state index contributed by atoms with van der Waals surface area (Å²) >= 11 is 1.16. The SMILES string of the molecule is CCCCCCCCC=CCCCCCCCCCCCC(=O)SCCNC(=O)CCNC(=O)C(O)C(C)(C)COP(=O)(O)OP(=O)(O)OCC1OC(n2cnc3c(N)ncnc32)C(O)C1OP(=O)(O)O. The maximum absolute atomic E-state index is 12.8. The smallest absolute Gasteiger partial charge is 0.386 e. The first kappa shape index (κ1) is 62.6. The lowest BCUT2D eigenvalue weighted by molar-refractivity contribution is -0.137. The van der Waals surface area contributed by atoms with E-state index in [0.717, 1.165) is 48.2 Å². The number of hydrogen-bond donors (Lipinski definition) is 9. The number of phosphoric acid groups is 3. The van der Waals surface area contributed by atoms with E-state index >= 15 is 0 Å². The molecule has 1 fully saturated rings. The van der Waals surface area contributed by atoms with Crippen LogP contribution in [0.2, 0.25) is 0 Å². The van der Waals surface area contributed by atoms with E-state index in [1.807, 2.05) is 0 Å². The van der Waals surface area contributed by atoms with E-state index in [1.165, 1.54) is 104 Å². The summed E-state index contributed by atoms with van der Waals surface area (Å²) in [5.74, 6) is -1.02. The molecule has 0 bridgehead atoms. The van der Waals surface area contributed by atoms with Gasteiger partial charge in [0.05, 0.1) is 19.5 Å². The number of amides is 2. The fourth-order valence-corrected chi connectivity index (χ4v) is 11.0. The molecule has 1 aliphatic rings. The summed E-state index contributed by atoms with van der Waals surface area (Å²) in [4.78, 5) is 88.5. The van der Waals surface area contributed by atoms with Crippen LogP contribution in [0.3, 0.4) is 0 Å². The zero-order valence-corrected chi connectivity index (χ0v) is 44.5. The van der Waals surface area contributed by atoms with Crippen molar-refractivity contribution in [3.05, 3.63) is 24.8 Å². The number of aliphatic hydroxyl groups is 2. The fraction of sp³-hybridized carbons (Fsp3) is 0.767. The molecular formula is C43H76N7O17P3S. The molecule has 71 heavy (non-hydrogen) atoms. The molecular weight excluding hydrogens is 1010 g/mol. The van der Waals surface area contributed by atoms with Crippen molar-refractivity contribution >= 4 is 69.1 Å². The predicted molar refractivity (Wildman–Crippen MR) is 265 cm³/mol. The van der Waals surface area contributed by atoms with Gasteiger partial charge in [-0.25, -0.2) is 28.6 Å². The Labute approximate surface area is 419 Å². The van der Waals surface area contributed by atoms with Crippen LogP contribution in [-0.2, 0) is 50.7 Å². The van der Waals surface area contributed by atoms with Gasteiger partial charge in [-0.15, -0.1) is 0 Å². The molecule has 0 aliphatic carbocycles. The Morgan fingerprint density at radius 1 is 0.845 bits per heavy atom. The van der Waals surface area contributed by atoms with E-state index in [9.17, 15) is 57.9 Å². The van der Waals surface area contributed by atoms with E-state index in [2.05, 4.69) is 53.5 Å². The van der Waals surface area contributed by atoms with Gasteiger partial charge in [-0.1, -0.05) is 122 Å². The van der Waals surface area contributed by atoms with Crippen molar-refractivity contribution in [2.75, 3.05) is 37.8 Å². The average molecular weight is 1090 g/mol. The van der Waals surface area contributed by atoms with Crippen LogP contribution in [0.15, 0.2) is 24.8 Å². The second kappa shape index (κ2) is 31.9. The zero-order valence-electron chi connectivity index (χ0n) is 41.0. The van der Waals surface area contributed by atoms with Crippen LogP contribution in [0.4, 0.5) is 5.82 Å². The first-order valence-electron chi connectivity index (χ1n) is 24.3. The van der Waals surface area contributed by atoms with Gasteiger partial charge in [-0.05, 0) is 32.1 Å². The number of unbranched alkanes of at least 4 members (excludes halogenated alkanes) is 15. The molecule has 28 heteroatoms. The summed E-state index contributed by atoms with van der Waals surface area (Å²) in [6, 6.07) is 0. The lowest BCUT2D eigenvalue weighted by Gasteiger charge is -2.30. The largest absolute Gasteiger partial charge is 0.481 e. The minimum atomic E-state index is -5.58. The lowest BCUT2D eigenvalue weighted by Crippen LogP contribution is -2.46. The number of aromatic nitrogens is 4. The molecule has 7 atom stereocenters. The van der Waals surface area contributed by atoms with Crippen molar-refractivity contribution in [3.63, 3.8) is 0 Å².